The number of ether oxygens (including phenoxy) is 5. The first-order valence-electron chi connectivity index (χ1n) is 5.03. The molecule has 0 aliphatic carbocycles. The topological polar surface area (TPSA) is 46.2 Å². The van der Waals surface area contributed by atoms with Crippen LogP contribution >= 0.6 is 0 Å². The molecule has 5 nitrogen and oxygen atoms in total. The highest BCUT2D eigenvalue weighted by Gasteiger charge is 2.36. The third-order valence-corrected chi connectivity index (χ3v) is 2.62. The SMILES string of the molecule is COC(OC)[C@@H]1CC[C@H](C(OC)OC)O1. The van der Waals surface area contributed by atoms with Gasteiger partial charge >= 0.3 is 0 Å². The Morgan fingerprint density at radius 1 is 0.800 bits per heavy atom. The monoisotopic (exact) mass is 220 g/mol. The van der Waals surface area contributed by atoms with Crippen LogP contribution < -0.4 is 0 Å². The zero-order chi connectivity index (χ0) is 11.3. The van der Waals surface area contributed by atoms with E-state index in [9.17, 15) is 0 Å². The van der Waals surface area contributed by atoms with Gasteiger partial charge in [-0.05, 0) is 12.8 Å². The molecule has 0 amide bonds. The molecule has 0 saturated carbocycles. The van der Waals surface area contributed by atoms with Crippen LogP contribution in [0.2, 0.25) is 0 Å². The van der Waals surface area contributed by atoms with Gasteiger partial charge in [0.25, 0.3) is 0 Å². The Labute approximate surface area is 90.6 Å². The molecular weight excluding hydrogens is 200 g/mol. The van der Waals surface area contributed by atoms with E-state index in [1.54, 1.807) is 28.4 Å². The van der Waals surface area contributed by atoms with Crippen molar-refractivity contribution in [2.75, 3.05) is 28.4 Å². The molecule has 15 heavy (non-hydrogen) atoms. The van der Waals surface area contributed by atoms with E-state index in [4.69, 9.17) is 23.7 Å². The zero-order valence-corrected chi connectivity index (χ0v) is 9.76. The molecule has 0 aromatic rings. The molecular formula is C10H20O5. The van der Waals surface area contributed by atoms with Gasteiger partial charge in [-0.3, -0.25) is 0 Å². The molecule has 1 aliphatic heterocycles. The summed E-state index contributed by atoms with van der Waals surface area (Å²) in [5.41, 5.74) is 0. The van der Waals surface area contributed by atoms with Crippen molar-refractivity contribution in [3.63, 3.8) is 0 Å². The first-order valence-corrected chi connectivity index (χ1v) is 5.03. The van der Waals surface area contributed by atoms with Gasteiger partial charge in [0.05, 0.1) is 0 Å². The molecule has 1 rings (SSSR count). The standard InChI is InChI=1S/C10H20O5/c1-11-9(12-2)7-5-6-8(15-7)10(13-3)14-4/h7-10H,5-6H2,1-4H3/t7-,8+. The summed E-state index contributed by atoms with van der Waals surface area (Å²) in [7, 11) is 6.42. The molecule has 0 bridgehead atoms. The lowest BCUT2D eigenvalue weighted by molar-refractivity contribution is -0.216. The van der Waals surface area contributed by atoms with Crippen molar-refractivity contribution in [1.82, 2.24) is 0 Å². The summed E-state index contributed by atoms with van der Waals surface area (Å²) in [4.78, 5) is 0. The van der Waals surface area contributed by atoms with Crippen LogP contribution in [-0.2, 0) is 23.7 Å². The predicted octanol–water partition coefficient (Wildman–Crippen LogP) is 0.772. The van der Waals surface area contributed by atoms with Crippen LogP contribution in [-0.4, -0.2) is 53.2 Å². The molecule has 1 fully saturated rings. The highest BCUT2D eigenvalue weighted by atomic mass is 16.7. The Hall–Kier alpha value is -0.200. The van der Waals surface area contributed by atoms with E-state index in [1.807, 2.05) is 0 Å². The van der Waals surface area contributed by atoms with E-state index in [0.29, 0.717) is 0 Å². The second kappa shape index (κ2) is 6.40. The van der Waals surface area contributed by atoms with Crippen LogP contribution in [0.4, 0.5) is 0 Å². The maximum atomic E-state index is 5.75. The van der Waals surface area contributed by atoms with E-state index in [0.717, 1.165) is 12.8 Å². The van der Waals surface area contributed by atoms with Gasteiger partial charge in [-0.1, -0.05) is 0 Å². The maximum absolute atomic E-state index is 5.75. The molecule has 1 saturated heterocycles. The Morgan fingerprint density at radius 2 is 1.13 bits per heavy atom. The molecule has 0 radical (unpaired) electrons. The Morgan fingerprint density at radius 3 is 1.40 bits per heavy atom. The summed E-state index contributed by atoms with van der Waals surface area (Å²) < 4.78 is 26.3. The second-order valence-electron chi connectivity index (χ2n) is 3.47. The molecule has 0 spiro atoms. The van der Waals surface area contributed by atoms with Crippen molar-refractivity contribution >= 4 is 0 Å². The van der Waals surface area contributed by atoms with E-state index in [2.05, 4.69) is 0 Å². The van der Waals surface area contributed by atoms with Crippen LogP contribution in [0.15, 0.2) is 0 Å². The van der Waals surface area contributed by atoms with Crippen LogP contribution in [0.3, 0.4) is 0 Å². The summed E-state index contributed by atoms with van der Waals surface area (Å²) in [6, 6.07) is 0. The Kier molecular flexibility index (Phi) is 5.49. The lowest BCUT2D eigenvalue weighted by Crippen LogP contribution is -2.34. The minimum atomic E-state index is -0.315. The summed E-state index contributed by atoms with van der Waals surface area (Å²) in [5, 5.41) is 0. The third-order valence-electron chi connectivity index (χ3n) is 2.62. The molecule has 2 atom stereocenters. The van der Waals surface area contributed by atoms with Crippen molar-refractivity contribution in [2.45, 2.75) is 37.6 Å². The van der Waals surface area contributed by atoms with Gasteiger partial charge < -0.3 is 23.7 Å². The molecule has 1 heterocycles. The summed E-state index contributed by atoms with van der Waals surface area (Å²) in [6.07, 6.45) is 1.06. The smallest absolute Gasteiger partial charge is 0.183 e. The molecule has 0 N–H and O–H groups in total. The third kappa shape index (κ3) is 3.12. The van der Waals surface area contributed by atoms with Crippen LogP contribution in [0.1, 0.15) is 12.8 Å². The van der Waals surface area contributed by atoms with Crippen molar-refractivity contribution in [3.05, 3.63) is 0 Å². The first kappa shape index (κ1) is 12.9. The van der Waals surface area contributed by atoms with Crippen molar-refractivity contribution < 1.29 is 23.7 Å². The molecule has 90 valence electrons. The first-order chi connectivity index (χ1) is 7.26. The second-order valence-corrected chi connectivity index (χ2v) is 3.47. The van der Waals surface area contributed by atoms with Crippen LogP contribution in [0.25, 0.3) is 0 Å². The Balaban J connectivity index is 2.43. The number of hydrogen-bond donors (Lipinski definition) is 0. The summed E-state index contributed by atoms with van der Waals surface area (Å²) in [6.45, 7) is 0. The predicted molar refractivity (Wildman–Crippen MR) is 53.5 cm³/mol. The largest absolute Gasteiger partial charge is 0.364 e. The molecule has 1 aliphatic rings. The molecule has 0 aromatic carbocycles. The lowest BCUT2D eigenvalue weighted by atomic mass is 10.2. The average Bonchev–Trinajstić information content (AvgIpc) is 2.71. The van der Waals surface area contributed by atoms with Gasteiger partial charge in [-0.2, -0.15) is 0 Å². The van der Waals surface area contributed by atoms with Gasteiger partial charge in [0, 0.05) is 28.4 Å². The lowest BCUT2D eigenvalue weighted by Gasteiger charge is -2.24. The fraction of sp³-hybridized carbons (Fsp3) is 1.00. The average molecular weight is 220 g/mol. The van der Waals surface area contributed by atoms with E-state index >= 15 is 0 Å². The number of rotatable bonds is 6. The molecule has 0 unspecified atom stereocenters. The summed E-state index contributed by atoms with van der Waals surface area (Å²) >= 11 is 0. The van der Waals surface area contributed by atoms with Crippen molar-refractivity contribution in [1.29, 1.82) is 0 Å². The van der Waals surface area contributed by atoms with Crippen LogP contribution in [0.5, 0.6) is 0 Å². The van der Waals surface area contributed by atoms with Gasteiger partial charge in [0.2, 0.25) is 0 Å². The van der Waals surface area contributed by atoms with Crippen LogP contribution in [0, 0.1) is 0 Å². The van der Waals surface area contributed by atoms with E-state index in [1.165, 1.54) is 0 Å². The number of methoxy groups -OCH3 is 4. The maximum Gasteiger partial charge on any atom is 0.183 e. The number of hydrogen-bond acceptors (Lipinski definition) is 5. The fourth-order valence-corrected chi connectivity index (χ4v) is 1.89. The van der Waals surface area contributed by atoms with Gasteiger partial charge in [0.1, 0.15) is 12.2 Å². The minimum absolute atomic E-state index is 0.0437. The van der Waals surface area contributed by atoms with Crippen molar-refractivity contribution in [2.24, 2.45) is 0 Å². The molecule has 5 heteroatoms. The quantitative estimate of drug-likeness (QED) is 0.619. The van der Waals surface area contributed by atoms with E-state index < -0.39 is 0 Å². The van der Waals surface area contributed by atoms with Gasteiger partial charge in [0.15, 0.2) is 12.6 Å². The summed E-state index contributed by atoms with van der Waals surface area (Å²) in [5.74, 6) is 0. The highest BCUT2D eigenvalue weighted by Crippen LogP contribution is 2.27. The zero-order valence-electron chi connectivity index (χ0n) is 9.76. The molecule has 0 aromatic heterocycles. The highest BCUT2D eigenvalue weighted by molar-refractivity contribution is 4.78. The Bertz CT molecular complexity index is 149. The van der Waals surface area contributed by atoms with Crippen molar-refractivity contribution in [3.8, 4) is 0 Å². The van der Waals surface area contributed by atoms with E-state index in [-0.39, 0.29) is 24.8 Å². The fourth-order valence-electron chi connectivity index (χ4n) is 1.89. The van der Waals surface area contributed by atoms with Gasteiger partial charge in [-0.15, -0.1) is 0 Å². The van der Waals surface area contributed by atoms with Gasteiger partial charge in [-0.25, -0.2) is 0 Å². The normalized spacial score (nSPS) is 26.8. The minimum Gasteiger partial charge on any atom is -0.364 e.